The third kappa shape index (κ3) is 4.35. The van der Waals surface area contributed by atoms with E-state index in [9.17, 15) is 9.59 Å². The maximum absolute atomic E-state index is 12.1. The monoisotopic (exact) mass is 334 g/mol. The van der Waals surface area contributed by atoms with Gasteiger partial charge in [0.05, 0.1) is 0 Å². The summed E-state index contributed by atoms with van der Waals surface area (Å²) in [6, 6.07) is 17.7. The number of aromatic nitrogens is 1. The highest BCUT2D eigenvalue weighted by Crippen LogP contribution is 2.14. The van der Waals surface area contributed by atoms with Crippen LogP contribution in [0.3, 0.4) is 0 Å². The first kappa shape index (κ1) is 17.0. The Morgan fingerprint density at radius 1 is 0.960 bits per heavy atom. The Labute approximate surface area is 147 Å². The smallest absolute Gasteiger partial charge is 0.220 e. The quantitative estimate of drug-likeness (QED) is 0.669. The Morgan fingerprint density at radius 2 is 1.72 bits per heavy atom. The minimum atomic E-state index is -0.0862. The lowest BCUT2D eigenvalue weighted by Crippen LogP contribution is -2.27. The Hall–Kier alpha value is -2.88. The summed E-state index contributed by atoms with van der Waals surface area (Å²) in [7, 11) is 0. The van der Waals surface area contributed by atoms with Crippen LogP contribution in [0.5, 0.6) is 0 Å². The van der Waals surface area contributed by atoms with Gasteiger partial charge in [-0.1, -0.05) is 48.0 Å². The maximum atomic E-state index is 12.1. The molecule has 0 fully saturated rings. The van der Waals surface area contributed by atoms with Gasteiger partial charge >= 0.3 is 0 Å². The van der Waals surface area contributed by atoms with Gasteiger partial charge in [-0.25, -0.2) is 0 Å². The number of Topliss-reactive ketones (excluding diaryl/α,β-unsaturated/α-hetero) is 1. The largest absolute Gasteiger partial charge is 0.354 e. The summed E-state index contributed by atoms with van der Waals surface area (Å²) in [5, 5.41) is 4.08. The summed E-state index contributed by atoms with van der Waals surface area (Å²) in [5.74, 6) is -0.0801. The number of para-hydroxylation sites is 1. The molecule has 1 aromatic heterocycles. The minimum absolute atomic E-state index is 0.00607. The van der Waals surface area contributed by atoms with Crippen molar-refractivity contribution in [2.45, 2.75) is 26.3 Å². The van der Waals surface area contributed by atoms with E-state index in [1.807, 2.05) is 49.5 Å². The zero-order valence-corrected chi connectivity index (χ0v) is 14.4. The molecular formula is C21H22N2O2. The van der Waals surface area contributed by atoms with Gasteiger partial charge in [0.1, 0.15) is 0 Å². The molecule has 0 saturated heterocycles. The fourth-order valence-corrected chi connectivity index (χ4v) is 2.85. The second-order valence-electron chi connectivity index (χ2n) is 6.21. The number of ketones is 1. The van der Waals surface area contributed by atoms with E-state index < -0.39 is 0 Å². The molecule has 0 atom stereocenters. The van der Waals surface area contributed by atoms with Gasteiger partial charge in [0, 0.05) is 43.2 Å². The maximum Gasteiger partial charge on any atom is 0.220 e. The molecule has 0 unspecified atom stereocenters. The Bertz CT molecular complexity index is 878. The van der Waals surface area contributed by atoms with Crippen molar-refractivity contribution in [1.82, 2.24) is 9.88 Å². The number of carbonyl (C=O) groups excluding carboxylic acids is 2. The van der Waals surface area contributed by atoms with Gasteiger partial charge in [0.25, 0.3) is 0 Å². The molecule has 128 valence electrons. The summed E-state index contributed by atoms with van der Waals surface area (Å²) in [5.41, 5.74) is 2.94. The summed E-state index contributed by atoms with van der Waals surface area (Å²) >= 11 is 0. The molecule has 0 aliphatic carbocycles. The van der Waals surface area contributed by atoms with Crippen LogP contribution in [0.2, 0.25) is 0 Å². The molecule has 1 amide bonds. The number of hydrogen-bond donors (Lipinski definition) is 1. The van der Waals surface area contributed by atoms with Gasteiger partial charge in [0.2, 0.25) is 5.91 Å². The van der Waals surface area contributed by atoms with Crippen molar-refractivity contribution in [2.24, 2.45) is 0 Å². The van der Waals surface area contributed by atoms with Crippen LogP contribution in [-0.2, 0) is 11.3 Å². The van der Waals surface area contributed by atoms with Gasteiger partial charge in [-0.05, 0) is 24.4 Å². The molecule has 0 saturated carbocycles. The van der Waals surface area contributed by atoms with Gasteiger partial charge in [-0.3, -0.25) is 9.59 Å². The first-order valence-corrected chi connectivity index (χ1v) is 8.54. The average Bonchev–Trinajstić information content (AvgIpc) is 3.04. The van der Waals surface area contributed by atoms with Crippen LogP contribution < -0.4 is 5.32 Å². The average molecular weight is 334 g/mol. The van der Waals surface area contributed by atoms with Crippen molar-refractivity contribution in [3.8, 4) is 0 Å². The summed E-state index contributed by atoms with van der Waals surface area (Å²) in [4.78, 5) is 24.0. The van der Waals surface area contributed by atoms with Crippen molar-refractivity contribution < 1.29 is 9.59 Å². The number of hydrogen-bond acceptors (Lipinski definition) is 2. The number of carbonyl (C=O) groups is 2. The van der Waals surface area contributed by atoms with Crippen LogP contribution in [-0.4, -0.2) is 22.8 Å². The highest BCUT2D eigenvalue weighted by atomic mass is 16.2. The van der Waals surface area contributed by atoms with Crippen molar-refractivity contribution in [3.63, 3.8) is 0 Å². The number of fused-ring (bicyclic) bond motifs is 1. The van der Waals surface area contributed by atoms with Crippen molar-refractivity contribution in [2.75, 3.05) is 6.54 Å². The topological polar surface area (TPSA) is 51.1 Å². The number of nitrogens with one attached hydrogen (secondary N) is 1. The third-order valence-electron chi connectivity index (χ3n) is 4.31. The van der Waals surface area contributed by atoms with Crippen LogP contribution >= 0.6 is 0 Å². The molecular weight excluding hydrogens is 312 g/mol. The van der Waals surface area contributed by atoms with Gasteiger partial charge < -0.3 is 9.88 Å². The molecule has 0 aliphatic rings. The third-order valence-corrected chi connectivity index (χ3v) is 4.31. The minimum Gasteiger partial charge on any atom is -0.354 e. The summed E-state index contributed by atoms with van der Waals surface area (Å²) in [6.07, 6.45) is 2.48. The molecule has 0 radical (unpaired) electrons. The van der Waals surface area contributed by atoms with Crippen LogP contribution in [0.1, 0.15) is 28.8 Å². The van der Waals surface area contributed by atoms with E-state index in [2.05, 4.69) is 28.1 Å². The van der Waals surface area contributed by atoms with E-state index in [1.165, 1.54) is 5.39 Å². The van der Waals surface area contributed by atoms with E-state index in [-0.39, 0.29) is 24.5 Å². The van der Waals surface area contributed by atoms with Gasteiger partial charge in [-0.15, -0.1) is 0 Å². The van der Waals surface area contributed by atoms with Crippen LogP contribution in [0.4, 0.5) is 0 Å². The molecule has 3 aromatic rings. The Kier molecular flexibility index (Phi) is 5.29. The lowest BCUT2D eigenvalue weighted by molar-refractivity contribution is -0.121. The zero-order valence-electron chi connectivity index (χ0n) is 14.4. The Balaban J connectivity index is 1.44. The molecule has 25 heavy (non-hydrogen) atoms. The lowest BCUT2D eigenvalue weighted by Gasteiger charge is -2.08. The normalized spacial score (nSPS) is 10.8. The van der Waals surface area contributed by atoms with Crippen LogP contribution in [0.15, 0.2) is 60.8 Å². The molecule has 0 aliphatic heterocycles. The van der Waals surface area contributed by atoms with E-state index in [4.69, 9.17) is 0 Å². The first-order chi connectivity index (χ1) is 12.1. The first-order valence-electron chi connectivity index (χ1n) is 8.54. The highest BCUT2D eigenvalue weighted by molar-refractivity contribution is 5.97. The Morgan fingerprint density at radius 3 is 2.52 bits per heavy atom. The zero-order chi connectivity index (χ0) is 17.6. The van der Waals surface area contributed by atoms with Crippen LogP contribution in [0, 0.1) is 6.92 Å². The van der Waals surface area contributed by atoms with Crippen molar-refractivity contribution in [1.29, 1.82) is 0 Å². The molecule has 0 bridgehead atoms. The SMILES string of the molecule is Cc1ccc(C(=O)CCC(=O)NCCn2ccc3ccccc32)cc1. The summed E-state index contributed by atoms with van der Waals surface area (Å²) < 4.78 is 2.12. The van der Waals surface area contributed by atoms with Gasteiger partial charge in [0.15, 0.2) is 5.78 Å². The number of rotatable bonds is 7. The molecule has 3 rings (SSSR count). The predicted molar refractivity (Wildman–Crippen MR) is 99.7 cm³/mol. The number of amides is 1. The fraction of sp³-hybridized carbons (Fsp3) is 0.238. The lowest BCUT2D eigenvalue weighted by atomic mass is 10.1. The van der Waals surface area contributed by atoms with Gasteiger partial charge in [-0.2, -0.15) is 0 Å². The molecule has 1 N–H and O–H groups in total. The molecule has 2 aromatic carbocycles. The van der Waals surface area contributed by atoms with Crippen molar-refractivity contribution >= 4 is 22.6 Å². The standard InChI is InChI=1S/C21H22N2O2/c1-16-6-8-18(9-7-16)20(24)10-11-21(25)22-13-15-23-14-12-17-4-2-3-5-19(17)23/h2-9,12,14H,10-11,13,15H2,1H3,(H,22,25). The number of nitrogens with zero attached hydrogens (tertiary/aromatic N) is 1. The van der Waals surface area contributed by atoms with E-state index in [1.54, 1.807) is 0 Å². The molecule has 0 spiro atoms. The predicted octanol–water partition coefficient (Wildman–Crippen LogP) is 3.73. The molecule has 4 nitrogen and oxygen atoms in total. The fourth-order valence-electron chi connectivity index (χ4n) is 2.85. The molecule has 1 heterocycles. The molecule has 4 heteroatoms. The van der Waals surface area contributed by atoms with Crippen molar-refractivity contribution in [3.05, 3.63) is 71.9 Å². The number of benzene rings is 2. The number of aryl methyl sites for hydroxylation is 1. The van der Waals surface area contributed by atoms with E-state index >= 15 is 0 Å². The second kappa shape index (κ2) is 7.79. The van der Waals surface area contributed by atoms with E-state index in [0.717, 1.165) is 11.1 Å². The second-order valence-corrected chi connectivity index (χ2v) is 6.21. The van der Waals surface area contributed by atoms with Crippen LogP contribution in [0.25, 0.3) is 10.9 Å². The summed E-state index contributed by atoms with van der Waals surface area (Å²) in [6.45, 7) is 3.25. The highest BCUT2D eigenvalue weighted by Gasteiger charge is 2.09. The van der Waals surface area contributed by atoms with E-state index in [0.29, 0.717) is 18.7 Å².